The van der Waals surface area contributed by atoms with Crippen LogP contribution in [0.3, 0.4) is 0 Å². The Hall–Kier alpha value is -2.28. The second kappa shape index (κ2) is 6.45. The minimum atomic E-state index is -1.12. The number of carbonyl (C=O) groups excluding carboxylic acids is 1. The van der Waals surface area contributed by atoms with Crippen molar-refractivity contribution in [3.63, 3.8) is 0 Å². The number of benzene rings is 1. The van der Waals surface area contributed by atoms with E-state index in [1.54, 1.807) is 0 Å². The van der Waals surface area contributed by atoms with Gasteiger partial charge in [-0.15, -0.1) is 0 Å². The van der Waals surface area contributed by atoms with Crippen molar-refractivity contribution >= 4 is 17.7 Å². The van der Waals surface area contributed by atoms with Crippen molar-refractivity contribution in [3.8, 4) is 5.75 Å². The Bertz CT molecular complexity index is 517. The Morgan fingerprint density at radius 2 is 2.05 bits per heavy atom. The fourth-order valence-corrected chi connectivity index (χ4v) is 2.21. The number of aliphatic carboxylic acids is 1. The van der Waals surface area contributed by atoms with Crippen LogP contribution in [0.2, 0.25) is 0 Å². The first-order valence-electron chi connectivity index (χ1n) is 6.68. The molecule has 3 N–H and O–H groups in total. The van der Waals surface area contributed by atoms with E-state index in [2.05, 4.69) is 5.32 Å². The molecule has 1 saturated heterocycles. The molecule has 1 aliphatic heterocycles. The molecule has 1 aromatic rings. The van der Waals surface area contributed by atoms with Crippen LogP contribution in [0.25, 0.3) is 0 Å². The van der Waals surface area contributed by atoms with Crippen LogP contribution in [-0.4, -0.2) is 47.5 Å². The third kappa shape index (κ3) is 3.85. The van der Waals surface area contributed by atoms with Crippen molar-refractivity contribution < 1.29 is 24.5 Å². The molecule has 0 aliphatic carbocycles. The number of urea groups is 1. The molecule has 0 spiro atoms. The number of nitrogens with one attached hydrogen (secondary N) is 1. The standard InChI is InChI=1S/C14H18N2O5/c1-9-12(6-7-21-9)15-14(20)16(8-13(18)19)10-2-4-11(17)5-3-10/h2-5,9,12,17H,6-8H2,1H3,(H,15,20)(H,18,19). The van der Waals surface area contributed by atoms with Crippen molar-refractivity contribution in [1.29, 1.82) is 0 Å². The molecule has 21 heavy (non-hydrogen) atoms. The number of ether oxygens (including phenoxy) is 1. The predicted octanol–water partition coefficient (Wildman–Crippen LogP) is 1.17. The Balaban J connectivity index is 2.13. The summed E-state index contributed by atoms with van der Waals surface area (Å²) in [4.78, 5) is 24.4. The van der Waals surface area contributed by atoms with Crippen molar-refractivity contribution in [2.45, 2.75) is 25.5 Å². The zero-order valence-electron chi connectivity index (χ0n) is 11.7. The van der Waals surface area contributed by atoms with Crippen LogP contribution in [0.5, 0.6) is 5.75 Å². The number of phenols is 1. The molecule has 0 radical (unpaired) electrons. The molecule has 1 aromatic carbocycles. The largest absolute Gasteiger partial charge is 0.508 e. The summed E-state index contributed by atoms with van der Waals surface area (Å²) >= 11 is 0. The molecule has 1 aliphatic rings. The lowest BCUT2D eigenvalue weighted by atomic mass is 10.1. The average molecular weight is 294 g/mol. The van der Waals surface area contributed by atoms with Gasteiger partial charge in [0, 0.05) is 12.3 Å². The van der Waals surface area contributed by atoms with E-state index in [1.807, 2.05) is 6.92 Å². The van der Waals surface area contributed by atoms with Crippen LogP contribution >= 0.6 is 0 Å². The molecular weight excluding hydrogens is 276 g/mol. The van der Waals surface area contributed by atoms with Gasteiger partial charge in [-0.05, 0) is 37.6 Å². The molecule has 7 nitrogen and oxygen atoms in total. The summed E-state index contributed by atoms with van der Waals surface area (Å²) < 4.78 is 5.37. The fraction of sp³-hybridized carbons (Fsp3) is 0.429. The van der Waals surface area contributed by atoms with Crippen molar-refractivity contribution in [2.75, 3.05) is 18.1 Å². The molecule has 2 amide bonds. The lowest BCUT2D eigenvalue weighted by Crippen LogP contribution is -2.48. The van der Waals surface area contributed by atoms with Crippen LogP contribution in [0.15, 0.2) is 24.3 Å². The Kier molecular flexibility index (Phi) is 4.64. The molecular formula is C14H18N2O5. The smallest absolute Gasteiger partial charge is 0.323 e. The fourth-order valence-electron chi connectivity index (χ4n) is 2.21. The van der Waals surface area contributed by atoms with Gasteiger partial charge in [0.05, 0.1) is 12.1 Å². The lowest BCUT2D eigenvalue weighted by Gasteiger charge is -2.24. The average Bonchev–Trinajstić information content (AvgIpc) is 2.82. The first-order chi connectivity index (χ1) is 9.97. The number of anilines is 1. The van der Waals surface area contributed by atoms with Gasteiger partial charge in [-0.3, -0.25) is 9.69 Å². The highest BCUT2D eigenvalue weighted by atomic mass is 16.5. The Labute approximate surface area is 122 Å². The van der Waals surface area contributed by atoms with E-state index in [0.717, 1.165) is 4.90 Å². The molecule has 1 fully saturated rings. The van der Waals surface area contributed by atoms with Gasteiger partial charge >= 0.3 is 12.0 Å². The third-order valence-corrected chi connectivity index (χ3v) is 3.39. The topological polar surface area (TPSA) is 99.1 Å². The number of carboxylic acid groups (broad SMARTS) is 1. The van der Waals surface area contributed by atoms with Gasteiger partial charge in [-0.1, -0.05) is 0 Å². The van der Waals surface area contributed by atoms with Gasteiger partial charge in [-0.25, -0.2) is 4.79 Å². The van der Waals surface area contributed by atoms with E-state index in [9.17, 15) is 14.7 Å². The summed E-state index contributed by atoms with van der Waals surface area (Å²) in [6, 6.07) is 5.16. The summed E-state index contributed by atoms with van der Waals surface area (Å²) in [5, 5.41) is 21.0. The van der Waals surface area contributed by atoms with Crippen LogP contribution in [-0.2, 0) is 9.53 Å². The Morgan fingerprint density at radius 3 is 2.57 bits per heavy atom. The maximum Gasteiger partial charge on any atom is 0.323 e. The SMILES string of the molecule is CC1OCCC1NC(=O)N(CC(=O)O)c1ccc(O)cc1. The number of aromatic hydroxyl groups is 1. The maximum absolute atomic E-state index is 12.3. The highest BCUT2D eigenvalue weighted by Crippen LogP contribution is 2.19. The van der Waals surface area contributed by atoms with Crippen molar-refractivity contribution in [2.24, 2.45) is 0 Å². The van der Waals surface area contributed by atoms with E-state index in [0.29, 0.717) is 18.7 Å². The number of phenolic OH excluding ortho intramolecular Hbond substituents is 1. The number of rotatable bonds is 4. The van der Waals surface area contributed by atoms with Gasteiger partial charge in [0.25, 0.3) is 0 Å². The second-order valence-electron chi connectivity index (χ2n) is 4.92. The van der Waals surface area contributed by atoms with Gasteiger partial charge in [0.15, 0.2) is 0 Å². The number of carbonyl (C=O) groups is 2. The third-order valence-electron chi connectivity index (χ3n) is 3.39. The quantitative estimate of drug-likeness (QED) is 0.774. The predicted molar refractivity (Wildman–Crippen MR) is 75.4 cm³/mol. The normalized spacial score (nSPS) is 21.0. The number of hydrogen-bond donors (Lipinski definition) is 3. The van der Waals surface area contributed by atoms with Gasteiger partial charge in [-0.2, -0.15) is 0 Å². The number of amides is 2. The van der Waals surface area contributed by atoms with Gasteiger partial charge in [0.2, 0.25) is 0 Å². The van der Waals surface area contributed by atoms with E-state index >= 15 is 0 Å². The zero-order valence-corrected chi connectivity index (χ0v) is 11.7. The first kappa shape index (κ1) is 15.1. The van der Waals surface area contributed by atoms with Crippen LogP contribution in [0, 0.1) is 0 Å². The monoisotopic (exact) mass is 294 g/mol. The number of carboxylic acids is 1. The number of nitrogens with zero attached hydrogens (tertiary/aromatic N) is 1. The zero-order chi connectivity index (χ0) is 15.4. The van der Waals surface area contributed by atoms with E-state index in [1.165, 1.54) is 24.3 Å². The summed E-state index contributed by atoms with van der Waals surface area (Å²) in [6.07, 6.45) is 0.601. The number of hydrogen-bond acceptors (Lipinski definition) is 4. The highest BCUT2D eigenvalue weighted by Gasteiger charge is 2.28. The molecule has 0 bridgehead atoms. The van der Waals surface area contributed by atoms with E-state index in [-0.39, 0.29) is 17.9 Å². The minimum absolute atomic E-state index is 0.0484. The van der Waals surface area contributed by atoms with Gasteiger partial charge < -0.3 is 20.3 Å². The molecule has 0 aromatic heterocycles. The lowest BCUT2D eigenvalue weighted by molar-refractivity contribution is -0.135. The van der Waals surface area contributed by atoms with Crippen LogP contribution in [0.1, 0.15) is 13.3 Å². The molecule has 1 heterocycles. The van der Waals surface area contributed by atoms with Crippen LogP contribution < -0.4 is 10.2 Å². The Morgan fingerprint density at radius 1 is 1.38 bits per heavy atom. The summed E-state index contributed by atoms with van der Waals surface area (Å²) in [7, 11) is 0. The first-order valence-corrected chi connectivity index (χ1v) is 6.68. The summed E-state index contributed by atoms with van der Waals surface area (Å²) in [5.74, 6) is -1.07. The summed E-state index contributed by atoms with van der Waals surface area (Å²) in [5.41, 5.74) is 0.402. The van der Waals surface area contributed by atoms with Crippen LogP contribution in [0.4, 0.5) is 10.5 Å². The van der Waals surface area contributed by atoms with E-state index in [4.69, 9.17) is 9.84 Å². The molecule has 2 rings (SSSR count). The molecule has 7 heteroatoms. The second-order valence-corrected chi connectivity index (χ2v) is 4.92. The maximum atomic E-state index is 12.3. The summed E-state index contributed by atoms with van der Waals surface area (Å²) in [6.45, 7) is 1.98. The van der Waals surface area contributed by atoms with Crippen molar-refractivity contribution in [1.82, 2.24) is 5.32 Å². The minimum Gasteiger partial charge on any atom is -0.508 e. The van der Waals surface area contributed by atoms with Gasteiger partial charge in [0.1, 0.15) is 12.3 Å². The molecule has 0 saturated carbocycles. The molecule has 2 atom stereocenters. The molecule has 2 unspecified atom stereocenters. The molecule has 114 valence electrons. The van der Waals surface area contributed by atoms with E-state index < -0.39 is 18.5 Å². The highest BCUT2D eigenvalue weighted by molar-refractivity contribution is 5.96. The van der Waals surface area contributed by atoms with Crippen molar-refractivity contribution in [3.05, 3.63) is 24.3 Å².